The third-order valence-electron chi connectivity index (χ3n) is 3.97. The lowest BCUT2D eigenvalue weighted by Gasteiger charge is -2.25. The van der Waals surface area contributed by atoms with Gasteiger partial charge in [-0.2, -0.15) is 0 Å². The summed E-state index contributed by atoms with van der Waals surface area (Å²) in [5, 5.41) is 2.82. The Bertz CT molecular complexity index is 604. The van der Waals surface area contributed by atoms with Gasteiger partial charge in [0.2, 0.25) is 0 Å². The largest absolute Gasteiger partial charge is 0.493 e. The van der Waals surface area contributed by atoms with Crippen molar-refractivity contribution < 1.29 is 23.8 Å². The molecule has 0 aromatic heterocycles. The highest BCUT2D eigenvalue weighted by Crippen LogP contribution is 2.29. The first-order valence-electron chi connectivity index (χ1n) is 7.08. The number of morpholine rings is 1. The molecule has 2 aliphatic heterocycles. The van der Waals surface area contributed by atoms with Crippen LogP contribution in [0.1, 0.15) is 12.0 Å². The number of amides is 2. The SMILES string of the molecule is COc1ccc(CNC(=O)N2CC3CC2C(=O)O3)cc1OC. The molecule has 7 heteroatoms. The Morgan fingerprint density at radius 3 is 2.77 bits per heavy atom. The summed E-state index contributed by atoms with van der Waals surface area (Å²) >= 11 is 0. The third kappa shape index (κ3) is 2.54. The second kappa shape index (κ2) is 5.75. The van der Waals surface area contributed by atoms with E-state index in [2.05, 4.69) is 5.32 Å². The number of nitrogens with one attached hydrogen (secondary N) is 1. The number of hydrogen-bond donors (Lipinski definition) is 1. The molecule has 118 valence electrons. The number of carbonyl (C=O) groups is 2. The fourth-order valence-corrected chi connectivity index (χ4v) is 2.84. The summed E-state index contributed by atoms with van der Waals surface area (Å²) in [5.41, 5.74) is 0.887. The molecule has 0 aliphatic carbocycles. The van der Waals surface area contributed by atoms with Crippen molar-refractivity contribution in [1.29, 1.82) is 0 Å². The van der Waals surface area contributed by atoms with E-state index in [0.717, 1.165) is 5.56 Å². The van der Waals surface area contributed by atoms with Gasteiger partial charge in [-0.1, -0.05) is 6.07 Å². The molecule has 2 bridgehead atoms. The Morgan fingerprint density at radius 2 is 2.14 bits per heavy atom. The van der Waals surface area contributed by atoms with Crippen molar-refractivity contribution in [3.63, 3.8) is 0 Å². The molecule has 3 rings (SSSR count). The number of rotatable bonds is 4. The van der Waals surface area contributed by atoms with Crippen LogP contribution in [0.15, 0.2) is 18.2 Å². The Labute approximate surface area is 128 Å². The topological polar surface area (TPSA) is 77.1 Å². The maximum atomic E-state index is 12.2. The lowest BCUT2D eigenvalue weighted by molar-refractivity contribution is -0.149. The summed E-state index contributed by atoms with van der Waals surface area (Å²) in [5.74, 6) is 0.938. The van der Waals surface area contributed by atoms with Gasteiger partial charge in [-0.15, -0.1) is 0 Å². The Morgan fingerprint density at radius 1 is 1.36 bits per heavy atom. The summed E-state index contributed by atoms with van der Waals surface area (Å²) in [6.07, 6.45) is 0.451. The Kier molecular flexibility index (Phi) is 3.79. The van der Waals surface area contributed by atoms with Gasteiger partial charge >= 0.3 is 12.0 Å². The first kappa shape index (κ1) is 14.5. The van der Waals surface area contributed by atoms with Gasteiger partial charge in [-0.25, -0.2) is 9.59 Å². The highest BCUT2D eigenvalue weighted by molar-refractivity contribution is 5.86. The fourth-order valence-electron chi connectivity index (χ4n) is 2.84. The number of carbonyl (C=O) groups excluding carboxylic acids is 2. The Balaban J connectivity index is 1.61. The summed E-state index contributed by atoms with van der Waals surface area (Å²) in [6.45, 7) is 0.816. The van der Waals surface area contributed by atoms with Crippen LogP contribution in [0, 0.1) is 0 Å². The van der Waals surface area contributed by atoms with Crippen LogP contribution < -0.4 is 14.8 Å². The average molecular weight is 306 g/mol. The Hall–Kier alpha value is -2.44. The van der Waals surface area contributed by atoms with Crippen molar-refractivity contribution >= 4 is 12.0 Å². The first-order valence-corrected chi connectivity index (χ1v) is 7.08. The summed E-state index contributed by atoms with van der Waals surface area (Å²) < 4.78 is 15.5. The number of fused-ring (bicyclic) bond motifs is 2. The van der Waals surface area contributed by atoms with Crippen LogP contribution in [-0.2, 0) is 16.1 Å². The zero-order chi connectivity index (χ0) is 15.7. The van der Waals surface area contributed by atoms with Gasteiger partial charge in [0, 0.05) is 13.0 Å². The summed E-state index contributed by atoms with van der Waals surface area (Å²) in [4.78, 5) is 25.2. The number of methoxy groups -OCH3 is 2. The fraction of sp³-hybridized carbons (Fsp3) is 0.467. The number of esters is 1. The molecule has 0 saturated carbocycles. The smallest absolute Gasteiger partial charge is 0.329 e. The molecule has 2 heterocycles. The predicted molar refractivity (Wildman–Crippen MR) is 76.8 cm³/mol. The molecule has 7 nitrogen and oxygen atoms in total. The van der Waals surface area contributed by atoms with Crippen LogP contribution in [0.5, 0.6) is 11.5 Å². The van der Waals surface area contributed by atoms with Crippen LogP contribution in [-0.4, -0.2) is 49.8 Å². The van der Waals surface area contributed by atoms with Crippen LogP contribution >= 0.6 is 0 Å². The lowest BCUT2D eigenvalue weighted by Crippen LogP contribution is -2.48. The second-order valence-electron chi connectivity index (χ2n) is 5.31. The van der Waals surface area contributed by atoms with E-state index in [4.69, 9.17) is 14.2 Å². The molecule has 2 fully saturated rings. The van der Waals surface area contributed by atoms with Gasteiger partial charge in [0.25, 0.3) is 0 Å². The molecule has 1 aromatic rings. The molecule has 2 atom stereocenters. The molecular weight excluding hydrogens is 288 g/mol. The van der Waals surface area contributed by atoms with Crippen molar-refractivity contribution in [1.82, 2.24) is 10.2 Å². The minimum atomic E-state index is -0.435. The minimum absolute atomic E-state index is 0.149. The van der Waals surface area contributed by atoms with Gasteiger partial charge in [0.05, 0.1) is 20.8 Å². The standard InChI is InChI=1S/C15H18N2O5/c1-20-12-4-3-9(5-13(12)21-2)7-16-15(19)17-8-10-6-11(17)14(18)22-10/h3-5,10-11H,6-8H2,1-2H3,(H,16,19). The van der Waals surface area contributed by atoms with Crippen molar-refractivity contribution in [2.75, 3.05) is 20.8 Å². The molecule has 1 N–H and O–H groups in total. The van der Waals surface area contributed by atoms with Crippen LogP contribution in [0.3, 0.4) is 0 Å². The van der Waals surface area contributed by atoms with E-state index in [1.54, 1.807) is 20.3 Å². The number of ether oxygens (including phenoxy) is 3. The van der Waals surface area contributed by atoms with E-state index < -0.39 is 6.04 Å². The van der Waals surface area contributed by atoms with E-state index in [9.17, 15) is 9.59 Å². The molecule has 2 saturated heterocycles. The van der Waals surface area contributed by atoms with Crippen LogP contribution in [0.2, 0.25) is 0 Å². The third-order valence-corrected chi connectivity index (χ3v) is 3.97. The van der Waals surface area contributed by atoms with E-state index in [1.807, 2.05) is 12.1 Å². The normalized spacial score (nSPS) is 22.5. The number of urea groups is 1. The molecule has 2 amide bonds. The molecule has 2 unspecified atom stereocenters. The molecule has 2 aliphatic rings. The second-order valence-corrected chi connectivity index (χ2v) is 5.31. The number of hydrogen-bond acceptors (Lipinski definition) is 5. The van der Waals surface area contributed by atoms with E-state index in [1.165, 1.54) is 4.90 Å². The van der Waals surface area contributed by atoms with Crippen molar-refractivity contribution in [2.24, 2.45) is 0 Å². The molecule has 0 radical (unpaired) electrons. The van der Waals surface area contributed by atoms with Gasteiger partial charge in [0.15, 0.2) is 11.5 Å². The van der Waals surface area contributed by atoms with E-state index in [-0.39, 0.29) is 18.1 Å². The highest BCUT2D eigenvalue weighted by atomic mass is 16.6. The summed E-state index contributed by atoms with van der Waals surface area (Å²) in [7, 11) is 3.13. The van der Waals surface area contributed by atoms with Crippen molar-refractivity contribution in [3.05, 3.63) is 23.8 Å². The molecule has 22 heavy (non-hydrogen) atoms. The van der Waals surface area contributed by atoms with Crippen molar-refractivity contribution in [3.8, 4) is 11.5 Å². The van der Waals surface area contributed by atoms with Gasteiger partial charge in [-0.3, -0.25) is 0 Å². The number of likely N-dealkylation sites (tertiary alicyclic amines) is 1. The molecule has 0 spiro atoms. The molecular formula is C15H18N2O5. The first-order chi connectivity index (χ1) is 10.6. The molecule has 1 aromatic carbocycles. The predicted octanol–water partition coefficient (Wildman–Crippen LogP) is 0.913. The average Bonchev–Trinajstić information content (AvgIpc) is 3.11. The number of benzene rings is 1. The van der Waals surface area contributed by atoms with Crippen LogP contribution in [0.25, 0.3) is 0 Å². The monoisotopic (exact) mass is 306 g/mol. The lowest BCUT2D eigenvalue weighted by atomic mass is 10.2. The quantitative estimate of drug-likeness (QED) is 0.837. The van der Waals surface area contributed by atoms with Gasteiger partial charge in [-0.05, 0) is 17.7 Å². The zero-order valence-electron chi connectivity index (χ0n) is 12.5. The van der Waals surface area contributed by atoms with Crippen LogP contribution in [0.4, 0.5) is 4.79 Å². The maximum absolute atomic E-state index is 12.2. The zero-order valence-corrected chi connectivity index (χ0v) is 12.5. The maximum Gasteiger partial charge on any atom is 0.329 e. The highest BCUT2D eigenvalue weighted by Gasteiger charge is 2.48. The van der Waals surface area contributed by atoms with Gasteiger partial charge in [0.1, 0.15) is 12.1 Å². The number of nitrogens with zero attached hydrogens (tertiary/aromatic N) is 1. The summed E-state index contributed by atoms with van der Waals surface area (Å²) in [6, 6.07) is 4.76. The van der Waals surface area contributed by atoms with E-state index >= 15 is 0 Å². The van der Waals surface area contributed by atoms with Gasteiger partial charge < -0.3 is 24.4 Å². The van der Waals surface area contributed by atoms with Crippen molar-refractivity contribution in [2.45, 2.75) is 25.1 Å². The van der Waals surface area contributed by atoms with E-state index in [0.29, 0.717) is 31.0 Å². The minimum Gasteiger partial charge on any atom is -0.493 e.